The Labute approximate surface area is 233 Å². The molecule has 0 radical (unpaired) electrons. The van der Waals surface area contributed by atoms with Crippen LogP contribution < -0.4 is 10.1 Å². The van der Waals surface area contributed by atoms with E-state index in [0.29, 0.717) is 29.7 Å². The molecule has 0 saturated heterocycles. The second kappa shape index (κ2) is 14.2. The van der Waals surface area contributed by atoms with Crippen LogP contribution in [-0.4, -0.2) is 35.9 Å². The number of benzene rings is 3. The Morgan fingerprint density at radius 1 is 1.03 bits per heavy atom. The standard InChI is InChI=1S/C30H34BrClN2O3/c1-4-16-33-30(36)27(17-22-10-6-5-7-11-22)34(19-24-12-8-9-13-26(24)32)29(35)20-37-28-15-14-23(21(2)3)18-25(28)31/h5-15,18,21,27H,4,16-17,19-20H2,1-3H3,(H,33,36). The fourth-order valence-electron chi connectivity index (χ4n) is 3.95. The molecule has 3 aromatic carbocycles. The van der Waals surface area contributed by atoms with E-state index in [9.17, 15) is 9.59 Å². The quantitative estimate of drug-likeness (QED) is 0.255. The van der Waals surface area contributed by atoms with Gasteiger partial charge in [0, 0.05) is 24.5 Å². The maximum absolute atomic E-state index is 13.7. The van der Waals surface area contributed by atoms with Gasteiger partial charge in [-0.3, -0.25) is 9.59 Å². The Morgan fingerprint density at radius 2 is 1.73 bits per heavy atom. The highest BCUT2D eigenvalue weighted by Gasteiger charge is 2.31. The van der Waals surface area contributed by atoms with Gasteiger partial charge in [-0.05, 0) is 63.2 Å². The molecule has 3 rings (SSSR count). The summed E-state index contributed by atoms with van der Waals surface area (Å²) < 4.78 is 6.72. The zero-order valence-corrected chi connectivity index (χ0v) is 23.9. The topological polar surface area (TPSA) is 58.6 Å². The molecule has 0 bridgehead atoms. The zero-order chi connectivity index (χ0) is 26.8. The Bertz CT molecular complexity index is 1190. The van der Waals surface area contributed by atoms with E-state index in [2.05, 4.69) is 35.1 Å². The van der Waals surface area contributed by atoms with Crippen molar-refractivity contribution in [3.05, 3.63) is 99.0 Å². The minimum Gasteiger partial charge on any atom is -0.483 e. The van der Waals surface area contributed by atoms with E-state index in [0.717, 1.165) is 22.0 Å². The van der Waals surface area contributed by atoms with Crippen LogP contribution in [0.2, 0.25) is 5.02 Å². The van der Waals surface area contributed by atoms with Crippen LogP contribution in [0.15, 0.2) is 77.3 Å². The molecule has 37 heavy (non-hydrogen) atoms. The van der Waals surface area contributed by atoms with Gasteiger partial charge >= 0.3 is 0 Å². The molecule has 0 fully saturated rings. The van der Waals surface area contributed by atoms with Crippen molar-refractivity contribution in [3.8, 4) is 5.75 Å². The lowest BCUT2D eigenvalue weighted by Gasteiger charge is -2.31. The number of rotatable bonds is 12. The number of hydrogen-bond acceptors (Lipinski definition) is 3. The van der Waals surface area contributed by atoms with E-state index < -0.39 is 6.04 Å². The molecule has 196 valence electrons. The minimum absolute atomic E-state index is 0.187. The lowest BCUT2D eigenvalue weighted by atomic mass is 10.0. The smallest absolute Gasteiger partial charge is 0.261 e. The van der Waals surface area contributed by atoms with Crippen molar-refractivity contribution in [1.29, 1.82) is 0 Å². The average molecular weight is 586 g/mol. The molecule has 0 spiro atoms. The number of carbonyl (C=O) groups excluding carboxylic acids is 2. The Morgan fingerprint density at radius 3 is 2.38 bits per heavy atom. The summed E-state index contributed by atoms with van der Waals surface area (Å²) in [6, 6.07) is 22.2. The Balaban J connectivity index is 1.90. The number of halogens is 2. The molecular formula is C30H34BrClN2O3. The first-order chi connectivity index (χ1) is 17.8. The molecule has 0 aliphatic heterocycles. The maximum atomic E-state index is 13.7. The number of hydrogen-bond donors (Lipinski definition) is 1. The molecule has 3 aromatic rings. The van der Waals surface area contributed by atoms with Gasteiger partial charge in [-0.25, -0.2) is 0 Å². The molecule has 1 unspecified atom stereocenters. The van der Waals surface area contributed by atoms with Gasteiger partial charge in [0.05, 0.1) is 4.47 Å². The molecule has 0 aliphatic carbocycles. The van der Waals surface area contributed by atoms with E-state index in [-0.39, 0.29) is 25.0 Å². The summed E-state index contributed by atoms with van der Waals surface area (Å²) in [6.45, 7) is 6.74. The second-order valence-electron chi connectivity index (χ2n) is 9.24. The average Bonchev–Trinajstić information content (AvgIpc) is 2.89. The van der Waals surface area contributed by atoms with Crippen molar-refractivity contribution in [3.63, 3.8) is 0 Å². The highest BCUT2D eigenvalue weighted by atomic mass is 79.9. The van der Waals surface area contributed by atoms with Gasteiger partial charge in [-0.1, -0.05) is 87.0 Å². The zero-order valence-electron chi connectivity index (χ0n) is 21.5. The molecule has 1 N–H and O–H groups in total. The molecule has 0 saturated carbocycles. The maximum Gasteiger partial charge on any atom is 0.261 e. The van der Waals surface area contributed by atoms with Crippen LogP contribution in [0.4, 0.5) is 0 Å². The monoisotopic (exact) mass is 584 g/mol. The number of nitrogens with zero attached hydrogens (tertiary/aromatic N) is 1. The van der Waals surface area contributed by atoms with Crippen LogP contribution in [0.25, 0.3) is 0 Å². The van der Waals surface area contributed by atoms with Gasteiger partial charge in [0.2, 0.25) is 5.91 Å². The van der Waals surface area contributed by atoms with Crippen LogP contribution in [0.3, 0.4) is 0 Å². The molecular weight excluding hydrogens is 552 g/mol. The van der Waals surface area contributed by atoms with E-state index >= 15 is 0 Å². The molecule has 0 aliphatic rings. The van der Waals surface area contributed by atoms with Gasteiger partial charge in [0.1, 0.15) is 11.8 Å². The third-order valence-electron chi connectivity index (χ3n) is 6.09. The summed E-state index contributed by atoms with van der Waals surface area (Å²) in [5, 5.41) is 3.52. The number of nitrogens with one attached hydrogen (secondary N) is 1. The van der Waals surface area contributed by atoms with Crippen molar-refractivity contribution < 1.29 is 14.3 Å². The predicted molar refractivity (Wildman–Crippen MR) is 153 cm³/mol. The highest BCUT2D eigenvalue weighted by molar-refractivity contribution is 9.10. The van der Waals surface area contributed by atoms with Gasteiger partial charge in [-0.15, -0.1) is 0 Å². The van der Waals surface area contributed by atoms with Crippen LogP contribution in [-0.2, 0) is 22.6 Å². The van der Waals surface area contributed by atoms with Crippen molar-refractivity contribution in [2.24, 2.45) is 0 Å². The fraction of sp³-hybridized carbons (Fsp3) is 0.333. The summed E-state index contributed by atoms with van der Waals surface area (Å²) in [4.78, 5) is 28.6. The number of carbonyl (C=O) groups is 2. The van der Waals surface area contributed by atoms with E-state index in [4.69, 9.17) is 16.3 Å². The van der Waals surface area contributed by atoms with Crippen molar-refractivity contribution in [2.75, 3.05) is 13.2 Å². The summed E-state index contributed by atoms with van der Waals surface area (Å²) in [5.74, 6) is 0.449. The van der Waals surface area contributed by atoms with Gasteiger partial charge in [0.25, 0.3) is 5.91 Å². The first kappa shape index (κ1) is 28.7. The number of ether oxygens (including phenoxy) is 1. The summed E-state index contributed by atoms with van der Waals surface area (Å²) >= 11 is 10.0. The van der Waals surface area contributed by atoms with Crippen molar-refractivity contribution in [2.45, 2.75) is 52.1 Å². The van der Waals surface area contributed by atoms with Crippen LogP contribution in [0.1, 0.15) is 49.8 Å². The lowest BCUT2D eigenvalue weighted by molar-refractivity contribution is -0.142. The fourth-order valence-corrected chi connectivity index (χ4v) is 4.65. The van der Waals surface area contributed by atoms with Gasteiger partial charge in [-0.2, -0.15) is 0 Å². The normalized spacial score (nSPS) is 11.7. The molecule has 5 nitrogen and oxygen atoms in total. The first-order valence-corrected chi connectivity index (χ1v) is 13.7. The van der Waals surface area contributed by atoms with Crippen LogP contribution in [0, 0.1) is 0 Å². The third kappa shape index (κ3) is 8.34. The summed E-state index contributed by atoms with van der Waals surface area (Å²) in [6.07, 6.45) is 1.17. The van der Waals surface area contributed by atoms with Crippen LogP contribution >= 0.6 is 27.5 Å². The van der Waals surface area contributed by atoms with Gasteiger partial charge in [0.15, 0.2) is 6.61 Å². The SMILES string of the molecule is CCCNC(=O)C(Cc1ccccc1)N(Cc1ccccc1Cl)C(=O)COc1ccc(C(C)C)cc1Br. The minimum atomic E-state index is -0.729. The number of amides is 2. The lowest BCUT2D eigenvalue weighted by Crippen LogP contribution is -2.51. The first-order valence-electron chi connectivity index (χ1n) is 12.6. The van der Waals surface area contributed by atoms with E-state index in [1.165, 1.54) is 5.56 Å². The third-order valence-corrected chi connectivity index (χ3v) is 7.08. The van der Waals surface area contributed by atoms with Crippen molar-refractivity contribution in [1.82, 2.24) is 10.2 Å². The molecule has 2 amide bonds. The molecule has 0 heterocycles. The Kier molecular flexibility index (Phi) is 11.0. The van der Waals surface area contributed by atoms with Crippen LogP contribution in [0.5, 0.6) is 5.75 Å². The predicted octanol–water partition coefficient (Wildman–Crippen LogP) is 6.77. The van der Waals surface area contributed by atoms with E-state index in [1.54, 1.807) is 11.0 Å². The molecule has 0 aromatic heterocycles. The van der Waals surface area contributed by atoms with Gasteiger partial charge < -0.3 is 15.0 Å². The molecule has 7 heteroatoms. The second-order valence-corrected chi connectivity index (χ2v) is 10.5. The van der Waals surface area contributed by atoms with Crippen molar-refractivity contribution >= 4 is 39.3 Å². The Hall–Kier alpha value is -2.83. The van der Waals surface area contributed by atoms with E-state index in [1.807, 2.05) is 73.7 Å². The summed E-state index contributed by atoms with van der Waals surface area (Å²) in [7, 11) is 0. The summed E-state index contributed by atoms with van der Waals surface area (Å²) in [5.41, 5.74) is 2.90. The highest BCUT2D eigenvalue weighted by Crippen LogP contribution is 2.29. The largest absolute Gasteiger partial charge is 0.483 e. The molecule has 1 atom stereocenters.